The number of hydrogen-bond donors (Lipinski definition) is 0. The van der Waals surface area contributed by atoms with Gasteiger partial charge in [-0.3, -0.25) is 4.79 Å². The molecule has 0 aliphatic rings. The molecule has 0 atom stereocenters. The zero-order chi connectivity index (χ0) is 14.8. The monoisotopic (exact) mass is 275 g/mol. The van der Waals surface area contributed by atoms with Gasteiger partial charge in [0.1, 0.15) is 11.3 Å². The lowest BCUT2D eigenvalue weighted by molar-refractivity contribution is 0.619. The maximum atomic E-state index is 12.3. The van der Waals surface area contributed by atoms with Crippen molar-refractivity contribution in [1.29, 1.82) is 5.26 Å². The van der Waals surface area contributed by atoms with Gasteiger partial charge >= 0.3 is 0 Å². The first-order valence-corrected chi connectivity index (χ1v) is 6.68. The summed E-state index contributed by atoms with van der Waals surface area (Å²) in [6, 6.07) is 16.7. The fraction of sp³-hybridized carbons (Fsp3) is 0.111. The molecule has 3 heteroatoms. The molecular formula is C18H13NO2. The second kappa shape index (κ2) is 5.26. The van der Waals surface area contributed by atoms with E-state index in [-0.39, 0.29) is 11.8 Å². The van der Waals surface area contributed by atoms with Gasteiger partial charge in [-0.05, 0) is 24.6 Å². The maximum absolute atomic E-state index is 12.3. The summed E-state index contributed by atoms with van der Waals surface area (Å²) in [6.45, 7) is 2.01. The molecule has 3 rings (SSSR count). The molecule has 0 unspecified atom stereocenters. The van der Waals surface area contributed by atoms with Crippen LogP contribution in [0.25, 0.3) is 22.3 Å². The smallest absolute Gasteiger partial charge is 0.193 e. The first-order valence-electron chi connectivity index (χ1n) is 6.68. The maximum Gasteiger partial charge on any atom is 0.193 e. The summed E-state index contributed by atoms with van der Waals surface area (Å²) < 4.78 is 5.82. The van der Waals surface area contributed by atoms with Crippen LogP contribution in [0.1, 0.15) is 11.1 Å². The van der Waals surface area contributed by atoms with Crippen molar-refractivity contribution in [2.75, 3.05) is 0 Å². The first kappa shape index (κ1) is 13.1. The number of rotatable bonds is 2. The Labute approximate surface area is 122 Å². The van der Waals surface area contributed by atoms with Crippen molar-refractivity contribution < 1.29 is 4.42 Å². The fourth-order valence-corrected chi connectivity index (χ4v) is 2.26. The molecule has 0 spiro atoms. The molecule has 0 saturated heterocycles. The van der Waals surface area contributed by atoms with E-state index in [0.717, 1.165) is 16.7 Å². The number of nitrogens with zero attached hydrogens (tertiary/aromatic N) is 1. The summed E-state index contributed by atoms with van der Waals surface area (Å²) in [6.07, 6.45) is 0.287. The quantitative estimate of drug-likeness (QED) is 0.714. The van der Waals surface area contributed by atoms with E-state index in [1.165, 1.54) is 6.07 Å². The summed E-state index contributed by atoms with van der Waals surface area (Å²) in [5.41, 5.74) is 3.30. The zero-order valence-electron chi connectivity index (χ0n) is 11.6. The molecule has 0 saturated carbocycles. The Morgan fingerprint density at radius 3 is 2.57 bits per heavy atom. The van der Waals surface area contributed by atoms with Gasteiger partial charge in [-0.25, -0.2) is 0 Å². The van der Waals surface area contributed by atoms with Crippen LogP contribution < -0.4 is 5.43 Å². The van der Waals surface area contributed by atoms with E-state index in [0.29, 0.717) is 16.7 Å². The van der Waals surface area contributed by atoms with Crippen LogP contribution in [0.4, 0.5) is 0 Å². The third-order valence-electron chi connectivity index (χ3n) is 3.41. The standard InChI is InChI=1S/C18H13NO2/c1-12-2-5-14(6-3-12)18-11-16(20)15-10-13(8-9-19)4-7-17(15)21-18/h2-7,10-11H,8H2,1H3. The molecule has 0 fully saturated rings. The molecule has 2 aromatic carbocycles. The van der Waals surface area contributed by atoms with Crippen molar-refractivity contribution in [3.05, 3.63) is 69.9 Å². The van der Waals surface area contributed by atoms with Crippen molar-refractivity contribution in [3.63, 3.8) is 0 Å². The highest BCUT2D eigenvalue weighted by Crippen LogP contribution is 2.23. The van der Waals surface area contributed by atoms with E-state index >= 15 is 0 Å². The van der Waals surface area contributed by atoms with Crippen molar-refractivity contribution in [2.45, 2.75) is 13.3 Å². The predicted molar refractivity (Wildman–Crippen MR) is 82.0 cm³/mol. The molecule has 3 aromatic rings. The van der Waals surface area contributed by atoms with Gasteiger partial charge in [0.15, 0.2) is 5.43 Å². The topological polar surface area (TPSA) is 54.0 Å². The number of aryl methyl sites for hydroxylation is 1. The molecule has 0 aliphatic carbocycles. The Morgan fingerprint density at radius 2 is 1.86 bits per heavy atom. The molecule has 21 heavy (non-hydrogen) atoms. The van der Waals surface area contributed by atoms with Crippen LogP contribution in [0, 0.1) is 18.3 Å². The van der Waals surface area contributed by atoms with Gasteiger partial charge in [0.25, 0.3) is 0 Å². The molecule has 102 valence electrons. The van der Waals surface area contributed by atoms with Crippen LogP contribution in [0.2, 0.25) is 0 Å². The minimum atomic E-state index is -0.0911. The number of benzene rings is 2. The molecule has 0 aliphatic heterocycles. The summed E-state index contributed by atoms with van der Waals surface area (Å²) >= 11 is 0. The van der Waals surface area contributed by atoms with Crippen LogP contribution in [0.5, 0.6) is 0 Å². The third-order valence-corrected chi connectivity index (χ3v) is 3.41. The molecule has 0 N–H and O–H groups in total. The molecule has 0 radical (unpaired) electrons. The first-order chi connectivity index (χ1) is 10.2. The van der Waals surface area contributed by atoms with E-state index in [2.05, 4.69) is 6.07 Å². The van der Waals surface area contributed by atoms with Gasteiger partial charge in [-0.15, -0.1) is 0 Å². The van der Waals surface area contributed by atoms with Gasteiger partial charge in [0.2, 0.25) is 0 Å². The van der Waals surface area contributed by atoms with Crippen molar-refractivity contribution >= 4 is 11.0 Å². The van der Waals surface area contributed by atoms with Gasteiger partial charge in [-0.1, -0.05) is 35.9 Å². The van der Waals surface area contributed by atoms with Crippen LogP contribution in [-0.4, -0.2) is 0 Å². The molecular weight excluding hydrogens is 262 g/mol. The van der Waals surface area contributed by atoms with Crippen LogP contribution >= 0.6 is 0 Å². The predicted octanol–water partition coefficient (Wildman–Crippen LogP) is 3.83. The summed E-state index contributed by atoms with van der Waals surface area (Å²) in [7, 11) is 0. The molecule has 1 heterocycles. The number of hydrogen-bond acceptors (Lipinski definition) is 3. The van der Waals surface area contributed by atoms with Crippen LogP contribution in [-0.2, 0) is 6.42 Å². The lowest BCUT2D eigenvalue weighted by Crippen LogP contribution is -2.01. The Bertz CT molecular complexity index is 899. The van der Waals surface area contributed by atoms with Crippen LogP contribution in [0.3, 0.4) is 0 Å². The van der Waals surface area contributed by atoms with Gasteiger partial charge in [-0.2, -0.15) is 5.26 Å². The second-order valence-corrected chi connectivity index (χ2v) is 5.01. The minimum Gasteiger partial charge on any atom is -0.456 e. The molecule has 1 aromatic heterocycles. The Kier molecular flexibility index (Phi) is 3.29. The molecule has 0 amide bonds. The lowest BCUT2D eigenvalue weighted by atomic mass is 10.1. The highest BCUT2D eigenvalue weighted by Gasteiger charge is 2.07. The van der Waals surface area contributed by atoms with Crippen LogP contribution in [0.15, 0.2) is 57.7 Å². The normalized spacial score (nSPS) is 10.5. The van der Waals surface area contributed by atoms with Gasteiger partial charge in [0.05, 0.1) is 17.9 Å². The summed E-state index contributed by atoms with van der Waals surface area (Å²) in [5.74, 6) is 0.556. The minimum absolute atomic E-state index is 0.0911. The zero-order valence-corrected chi connectivity index (χ0v) is 11.6. The third kappa shape index (κ3) is 2.56. The number of nitriles is 1. The highest BCUT2D eigenvalue weighted by molar-refractivity contribution is 5.79. The lowest BCUT2D eigenvalue weighted by Gasteiger charge is -2.04. The Morgan fingerprint density at radius 1 is 1.10 bits per heavy atom. The average molecular weight is 275 g/mol. The van der Waals surface area contributed by atoms with Crippen molar-refractivity contribution in [1.82, 2.24) is 0 Å². The van der Waals surface area contributed by atoms with E-state index < -0.39 is 0 Å². The Hall–Kier alpha value is -2.86. The van der Waals surface area contributed by atoms with Crippen molar-refractivity contribution in [3.8, 4) is 17.4 Å². The van der Waals surface area contributed by atoms with Gasteiger partial charge in [0, 0.05) is 11.6 Å². The highest BCUT2D eigenvalue weighted by atomic mass is 16.3. The second-order valence-electron chi connectivity index (χ2n) is 5.01. The summed E-state index contributed by atoms with van der Waals surface area (Å²) in [5, 5.41) is 9.24. The van der Waals surface area contributed by atoms with Gasteiger partial charge < -0.3 is 4.42 Å². The largest absolute Gasteiger partial charge is 0.456 e. The fourth-order valence-electron chi connectivity index (χ4n) is 2.26. The molecule has 0 bridgehead atoms. The van der Waals surface area contributed by atoms with E-state index in [1.807, 2.05) is 37.3 Å². The SMILES string of the molecule is Cc1ccc(-c2cc(=O)c3cc(CC#N)ccc3o2)cc1. The van der Waals surface area contributed by atoms with E-state index in [9.17, 15) is 4.79 Å². The van der Waals surface area contributed by atoms with E-state index in [4.69, 9.17) is 9.68 Å². The summed E-state index contributed by atoms with van der Waals surface area (Å²) in [4.78, 5) is 12.3. The van der Waals surface area contributed by atoms with Crippen molar-refractivity contribution in [2.24, 2.45) is 0 Å². The Balaban J connectivity index is 2.16. The average Bonchev–Trinajstić information content (AvgIpc) is 2.49. The van der Waals surface area contributed by atoms with E-state index in [1.54, 1.807) is 12.1 Å². The number of fused-ring (bicyclic) bond motifs is 1. The molecule has 3 nitrogen and oxygen atoms in total.